The number of benzene rings is 1. The highest BCUT2D eigenvalue weighted by Gasteiger charge is 2.63. The van der Waals surface area contributed by atoms with Crippen LogP contribution < -0.4 is 0 Å². The molecule has 118 valence electrons. The third-order valence-electron chi connectivity index (χ3n) is 3.35. The number of aromatic hydroxyl groups is 1. The quantitative estimate of drug-likeness (QED) is 0.830. The summed E-state index contributed by atoms with van der Waals surface area (Å²) >= 11 is 0. The number of ether oxygens (including phenoxy) is 1. The van der Waals surface area contributed by atoms with E-state index in [-0.39, 0.29) is 5.52 Å². The molecular formula is C14H12F3NO4. The monoisotopic (exact) mass is 315 g/mol. The number of hydrogen-bond donors (Lipinski definition) is 2. The Morgan fingerprint density at radius 3 is 2.55 bits per heavy atom. The normalized spacial score (nSPS) is 14.6. The number of nitrogens with zero attached hydrogens (tertiary/aromatic N) is 1. The van der Waals surface area contributed by atoms with E-state index < -0.39 is 29.1 Å². The summed E-state index contributed by atoms with van der Waals surface area (Å²) in [6.07, 6.45) is -4.11. The van der Waals surface area contributed by atoms with Crippen LogP contribution in [0.4, 0.5) is 13.2 Å². The van der Waals surface area contributed by atoms with Crippen LogP contribution in [-0.4, -0.2) is 34.5 Å². The Balaban J connectivity index is 2.87. The maximum Gasteiger partial charge on any atom is 0.432 e. The third kappa shape index (κ3) is 2.16. The molecule has 0 fully saturated rings. The van der Waals surface area contributed by atoms with Crippen LogP contribution >= 0.6 is 0 Å². The molecule has 0 aliphatic carbocycles. The molecule has 2 N–H and O–H groups in total. The smallest absolute Gasteiger partial charge is 0.432 e. The van der Waals surface area contributed by atoms with Gasteiger partial charge in [0.25, 0.3) is 5.60 Å². The molecule has 0 radical (unpaired) electrons. The van der Waals surface area contributed by atoms with E-state index >= 15 is 0 Å². The van der Waals surface area contributed by atoms with E-state index in [1.807, 2.05) is 0 Å². The Labute approximate surface area is 123 Å². The van der Waals surface area contributed by atoms with Crippen molar-refractivity contribution in [3.63, 3.8) is 0 Å². The number of carbonyl (C=O) groups excluding carboxylic acids is 1. The van der Waals surface area contributed by atoms with Crippen LogP contribution in [-0.2, 0) is 15.1 Å². The van der Waals surface area contributed by atoms with Gasteiger partial charge in [-0.25, -0.2) is 4.79 Å². The first-order chi connectivity index (χ1) is 10.1. The molecule has 1 heterocycles. The molecule has 1 atom stereocenters. The standard InChI is InChI=1S/C14H12F3NO4/c1-7-6-9(11(19)10-8(7)4-3-5-18-10)13(21,12(20)22-2)14(15,16)17/h3-6,19,21H,1-2H3/t13-/m1/s1. The first kappa shape index (κ1) is 16.0. The minimum absolute atomic E-state index is 0.149. The van der Waals surface area contributed by atoms with Gasteiger partial charge in [0.15, 0.2) is 0 Å². The van der Waals surface area contributed by atoms with Crippen molar-refractivity contribution in [2.75, 3.05) is 7.11 Å². The number of methoxy groups -OCH3 is 1. The second-order valence-corrected chi connectivity index (χ2v) is 4.69. The zero-order chi connectivity index (χ0) is 16.7. The lowest BCUT2D eigenvalue weighted by Gasteiger charge is -2.29. The maximum atomic E-state index is 13.3. The average molecular weight is 315 g/mol. The predicted octanol–water partition coefficient (Wildman–Crippen LogP) is 2.17. The first-order valence-corrected chi connectivity index (χ1v) is 6.10. The summed E-state index contributed by atoms with van der Waals surface area (Å²) in [5.74, 6) is -2.86. The fourth-order valence-corrected chi connectivity index (χ4v) is 2.20. The van der Waals surface area contributed by atoms with Gasteiger partial charge in [-0.3, -0.25) is 4.98 Å². The summed E-state index contributed by atoms with van der Waals surface area (Å²) in [5.41, 5.74) is -4.84. The van der Waals surface area contributed by atoms with Gasteiger partial charge in [0.05, 0.1) is 7.11 Å². The lowest BCUT2D eigenvalue weighted by molar-refractivity contribution is -0.267. The van der Waals surface area contributed by atoms with Gasteiger partial charge in [-0.1, -0.05) is 6.07 Å². The molecule has 0 aliphatic rings. The molecule has 5 nitrogen and oxygen atoms in total. The van der Waals surface area contributed by atoms with Crippen molar-refractivity contribution >= 4 is 16.9 Å². The van der Waals surface area contributed by atoms with Gasteiger partial charge in [0.1, 0.15) is 11.3 Å². The van der Waals surface area contributed by atoms with Crippen LogP contribution in [0.25, 0.3) is 10.9 Å². The highest BCUT2D eigenvalue weighted by molar-refractivity contribution is 5.92. The molecule has 22 heavy (non-hydrogen) atoms. The van der Waals surface area contributed by atoms with Crippen molar-refractivity contribution in [1.82, 2.24) is 4.98 Å². The SMILES string of the molecule is COC(=O)[C@](O)(c1cc(C)c2cccnc2c1O)C(F)(F)F. The average Bonchev–Trinajstić information content (AvgIpc) is 2.48. The Hall–Kier alpha value is -2.35. The van der Waals surface area contributed by atoms with E-state index in [9.17, 15) is 28.2 Å². The molecule has 1 aromatic heterocycles. The van der Waals surface area contributed by atoms with Gasteiger partial charge in [-0.05, 0) is 24.6 Å². The molecule has 0 aliphatic heterocycles. The van der Waals surface area contributed by atoms with Crippen molar-refractivity contribution in [3.05, 3.63) is 35.5 Å². The highest BCUT2D eigenvalue weighted by Crippen LogP contribution is 2.45. The van der Waals surface area contributed by atoms with Crippen LogP contribution in [0.5, 0.6) is 5.75 Å². The number of aromatic nitrogens is 1. The number of aryl methyl sites for hydroxylation is 1. The number of phenols is 1. The summed E-state index contributed by atoms with van der Waals surface area (Å²) in [7, 11) is 0.711. The van der Waals surface area contributed by atoms with Gasteiger partial charge >= 0.3 is 12.1 Å². The van der Waals surface area contributed by atoms with E-state index in [1.54, 1.807) is 12.1 Å². The van der Waals surface area contributed by atoms with E-state index in [0.717, 1.165) is 6.07 Å². The van der Waals surface area contributed by atoms with E-state index in [0.29, 0.717) is 18.1 Å². The maximum absolute atomic E-state index is 13.3. The lowest BCUT2D eigenvalue weighted by Crippen LogP contribution is -2.50. The van der Waals surface area contributed by atoms with Gasteiger partial charge in [0, 0.05) is 17.1 Å². The molecule has 2 aromatic rings. The largest absolute Gasteiger partial charge is 0.505 e. The second kappa shape index (κ2) is 5.13. The van der Waals surface area contributed by atoms with Crippen molar-refractivity contribution in [1.29, 1.82) is 0 Å². The summed E-state index contributed by atoms with van der Waals surface area (Å²) < 4.78 is 43.8. The van der Waals surface area contributed by atoms with Crippen LogP contribution in [0, 0.1) is 6.92 Å². The fraction of sp³-hybridized carbons (Fsp3) is 0.286. The molecule has 0 saturated carbocycles. The zero-order valence-electron chi connectivity index (χ0n) is 11.6. The third-order valence-corrected chi connectivity index (χ3v) is 3.35. The molecule has 0 unspecified atom stereocenters. The summed E-state index contributed by atoms with van der Waals surface area (Å²) in [6.45, 7) is 1.47. The molecule has 0 amide bonds. The number of pyridine rings is 1. The van der Waals surface area contributed by atoms with E-state index in [2.05, 4.69) is 9.72 Å². The molecule has 1 aromatic carbocycles. The zero-order valence-corrected chi connectivity index (χ0v) is 11.6. The lowest BCUT2D eigenvalue weighted by atomic mass is 9.89. The molecule has 0 saturated heterocycles. The highest BCUT2D eigenvalue weighted by atomic mass is 19.4. The number of alkyl halides is 3. The van der Waals surface area contributed by atoms with Gasteiger partial charge < -0.3 is 14.9 Å². The van der Waals surface area contributed by atoms with Gasteiger partial charge in [-0.2, -0.15) is 13.2 Å². The van der Waals surface area contributed by atoms with Crippen molar-refractivity contribution in [3.8, 4) is 5.75 Å². The minimum atomic E-state index is -5.38. The van der Waals surface area contributed by atoms with Gasteiger partial charge in [0.2, 0.25) is 0 Å². The predicted molar refractivity (Wildman–Crippen MR) is 70.1 cm³/mol. The van der Waals surface area contributed by atoms with Crippen LogP contribution in [0.15, 0.2) is 24.4 Å². The topological polar surface area (TPSA) is 79.7 Å². The Morgan fingerprint density at radius 2 is 2.00 bits per heavy atom. The number of rotatable bonds is 2. The molecular weight excluding hydrogens is 303 g/mol. The Morgan fingerprint density at radius 1 is 1.36 bits per heavy atom. The second-order valence-electron chi connectivity index (χ2n) is 4.69. The molecule has 0 spiro atoms. The Kier molecular flexibility index (Phi) is 3.74. The van der Waals surface area contributed by atoms with Crippen LogP contribution in [0.2, 0.25) is 0 Å². The molecule has 8 heteroatoms. The number of fused-ring (bicyclic) bond motifs is 1. The number of halogens is 3. The summed E-state index contributed by atoms with van der Waals surface area (Å²) in [4.78, 5) is 15.4. The Bertz CT molecular complexity index is 745. The van der Waals surface area contributed by atoms with Crippen molar-refractivity contribution in [2.45, 2.75) is 18.7 Å². The number of carbonyl (C=O) groups is 1. The van der Waals surface area contributed by atoms with E-state index in [4.69, 9.17) is 0 Å². The molecule has 0 bridgehead atoms. The van der Waals surface area contributed by atoms with E-state index in [1.165, 1.54) is 13.1 Å². The number of esters is 1. The van der Waals surface area contributed by atoms with Gasteiger partial charge in [-0.15, -0.1) is 0 Å². The summed E-state index contributed by atoms with van der Waals surface area (Å²) in [5, 5.41) is 20.5. The fourth-order valence-electron chi connectivity index (χ4n) is 2.20. The van der Waals surface area contributed by atoms with Crippen LogP contribution in [0.1, 0.15) is 11.1 Å². The van der Waals surface area contributed by atoms with Crippen LogP contribution in [0.3, 0.4) is 0 Å². The number of aliphatic hydroxyl groups is 1. The number of hydrogen-bond acceptors (Lipinski definition) is 5. The molecule has 2 rings (SSSR count). The van der Waals surface area contributed by atoms with Crippen molar-refractivity contribution < 1.29 is 32.9 Å². The number of phenolic OH excluding ortho intramolecular Hbond substituents is 1. The van der Waals surface area contributed by atoms with Crippen molar-refractivity contribution in [2.24, 2.45) is 0 Å². The first-order valence-electron chi connectivity index (χ1n) is 6.10. The summed E-state index contributed by atoms with van der Waals surface area (Å²) in [6, 6.07) is 3.99. The minimum Gasteiger partial charge on any atom is -0.505 e.